The number of aromatic nitrogens is 1. The van der Waals surface area contributed by atoms with Crippen molar-refractivity contribution < 1.29 is 4.79 Å². The lowest BCUT2D eigenvalue weighted by Crippen LogP contribution is -2.15. The van der Waals surface area contributed by atoms with E-state index in [1.807, 2.05) is 31.2 Å². The number of carbonyl (C=O) groups excluding carboxylic acids is 1. The Morgan fingerprint density at radius 2 is 2.05 bits per heavy atom. The number of pyridine rings is 1. The number of nitrogens with zero attached hydrogens (tertiary/aromatic N) is 1. The van der Waals surface area contributed by atoms with Crippen LogP contribution < -0.4 is 10.6 Å². The molecule has 0 saturated carbocycles. The second-order valence-corrected chi connectivity index (χ2v) is 4.72. The van der Waals surface area contributed by atoms with Gasteiger partial charge < -0.3 is 10.6 Å². The van der Waals surface area contributed by atoms with Gasteiger partial charge in [-0.05, 0) is 47.1 Å². The molecule has 5 heteroatoms. The van der Waals surface area contributed by atoms with E-state index in [0.717, 1.165) is 10.2 Å². The van der Waals surface area contributed by atoms with Crippen LogP contribution in [0.3, 0.4) is 0 Å². The highest BCUT2D eigenvalue weighted by atomic mass is 79.9. The minimum atomic E-state index is -0.184. The molecule has 98 valence electrons. The Labute approximate surface area is 120 Å². The second-order valence-electron chi connectivity index (χ2n) is 3.86. The van der Waals surface area contributed by atoms with Crippen LogP contribution in [0.15, 0.2) is 47.1 Å². The van der Waals surface area contributed by atoms with Crippen LogP contribution in [0.25, 0.3) is 0 Å². The summed E-state index contributed by atoms with van der Waals surface area (Å²) in [4.78, 5) is 16.4. The molecule has 1 aromatic carbocycles. The molecule has 0 aliphatic rings. The number of halogens is 1. The molecule has 0 unspecified atom stereocenters. The monoisotopic (exact) mass is 319 g/mol. The zero-order valence-corrected chi connectivity index (χ0v) is 12.1. The van der Waals surface area contributed by atoms with Crippen LogP contribution in [0, 0.1) is 0 Å². The van der Waals surface area contributed by atoms with Crippen LogP contribution >= 0.6 is 15.9 Å². The molecule has 2 N–H and O–H groups in total. The summed E-state index contributed by atoms with van der Waals surface area (Å²) in [6.07, 6.45) is 1.66. The van der Waals surface area contributed by atoms with Crippen molar-refractivity contribution in [2.75, 3.05) is 17.2 Å². The first-order valence-electron chi connectivity index (χ1n) is 5.97. The number of benzene rings is 1. The van der Waals surface area contributed by atoms with Crippen molar-refractivity contribution in [1.82, 2.24) is 4.98 Å². The normalized spacial score (nSPS) is 10.0. The summed E-state index contributed by atoms with van der Waals surface area (Å²) in [5.41, 5.74) is 1.26. The van der Waals surface area contributed by atoms with Gasteiger partial charge in [0.1, 0.15) is 5.82 Å². The fraction of sp³-hybridized carbons (Fsp3) is 0.143. The molecule has 0 fully saturated rings. The molecule has 1 aromatic heterocycles. The van der Waals surface area contributed by atoms with Gasteiger partial charge in [0, 0.05) is 17.2 Å². The fourth-order valence-electron chi connectivity index (χ4n) is 1.65. The zero-order valence-electron chi connectivity index (χ0n) is 10.5. The quantitative estimate of drug-likeness (QED) is 0.906. The third-order valence-electron chi connectivity index (χ3n) is 2.52. The Morgan fingerprint density at radius 3 is 2.79 bits per heavy atom. The van der Waals surface area contributed by atoms with E-state index in [1.165, 1.54) is 0 Å². The first-order valence-corrected chi connectivity index (χ1v) is 6.76. The van der Waals surface area contributed by atoms with Gasteiger partial charge in [0.2, 0.25) is 0 Å². The van der Waals surface area contributed by atoms with Crippen molar-refractivity contribution in [2.24, 2.45) is 0 Å². The summed E-state index contributed by atoms with van der Waals surface area (Å²) in [6.45, 7) is 2.68. The van der Waals surface area contributed by atoms with E-state index >= 15 is 0 Å². The Kier molecular flexibility index (Phi) is 4.52. The van der Waals surface area contributed by atoms with Crippen molar-refractivity contribution in [3.8, 4) is 0 Å². The van der Waals surface area contributed by atoms with Gasteiger partial charge in [0.15, 0.2) is 0 Å². The smallest absolute Gasteiger partial charge is 0.259 e. The van der Waals surface area contributed by atoms with Crippen LogP contribution in [0.5, 0.6) is 0 Å². The molecule has 0 radical (unpaired) electrons. The first kappa shape index (κ1) is 13.5. The number of para-hydroxylation sites is 1. The molecule has 0 spiro atoms. The Balaban J connectivity index is 2.23. The van der Waals surface area contributed by atoms with Gasteiger partial charge in [-0.25, -0.2) is 4.98 Å². The highest BCUT2D eigenvalue weighted by molar-refractivity contribution is 9.10. The molecule has 19 heavy (non-hydrogen) atoms. The minimum absolute atomic E-state index is 0.184. The van der Waals surface area contributed by atoms with E-state index in [4.69, 9.17) is 0 Å². The van der Waals surface area contributed by atoms with Crippen LogP contribution in [0.4, 0.5) is 11.5 Å². The summed E-state index contributed by atoms with van der Waals surface area (Å²) in [6, 6.07) is 11.0. The van der Waals surface area contributed by atoms with Crippen molar-refractivity contribution >= 4 is 33.3 Å². The maximum absolute atomic E-state index is 12.3. The average Bonchev–Trinajstić information content (AvgIpc) is 2.42. The Bertz CT molecular complexity index is 586. The highest BCUT2D eigenvalue weighted by Crippen LogP contribution is 2.22. The summed E-state index contributed by atoms with van der Waals surface area (Å²) < 4.78 is 0.845. The lowest BCUT2D eigenvalue weighted by Gasteiger charge is -2.10. The molecule has 0 aliphatic heterocycles. The third-order valence-corrected chi connectivity index (χ3v) is 3.21. The summed E-state index contributed by atoms with van der Waals surface area (Å²) in [7, 11) is 0. The number of rotatable bonds is 4. The summed E-state index contributed by atoms with van der Waals surface area (Å²) >= 11 is 3.40. The highest BCUT2D eigenvalue weighted by Gasteiger charge is 2.12. The molecule has 1 heterocycles. The molecular formula is C14H14BrN3O. The molecule has 0 saturated heterocycles. The summed E-state index contributed by atoms with van der Waals surface area (Å²) in [5, 5.41) is 5.93. The lowest BCUT2D eigenvalue weighted by molar-refractivity contribution is 0.102. The zero-order chi connectivity index (χ0) is 13.7. The molecule has 0 atom stereocenters. The van der Waals surface area contributed by atoms with Crippen LogP contribution in [-0.2, 0) is 0 Å². The number of anilines is 2. The van der Waals surface area contributed by atoms with Gasteiger partial charge >= 0.3 is 0 Å². The number of amides is 1. The average molecular weight is 320 g/mol. The maximum Gasteiger partial charge on any atom is 0.259 e. The van der Waals surface area contributed by atoms with E-state index in [9.17, 15) is 4.79 Å². The van der Waals surface area contributed by atoms with Crippen LogP contribution in [0.2, 0.25) is 0 Å². The predicted octanol–water partition coefficient (Wildman–Crippen LogP) is 3.53. The van der Waals surface area contributed by atoms with Crippen LogP contribution in [-0.4, -0.2) is 17.4 Å². The number of hydrogen-bond donors (Lipinski definition) is 2. The van der Waals surface area contributed by atoms with E-state index in [1.54, 1.807) is 18.3 Å². The Hall–Kier alpha value is -1.88. The molecule has 2 aromatic rings. The van der Waals surface area contributed by atoms with Gasteiger partial charge in [-0.3, -0.25) is 4.79 Å². The number of carbonyl (C=O) groups is 1. The van der Waals surface area contributed by atoms with E-state index in [2.05, 4.69) is 31.5 Å². The molecule has 4 nitrogen and oxygen atoms in total. The van der Waals surface area contributed by atoms with Crippen LogP contribution in [0.1, 0.15) is 17.3 Å². The SMILES string of the molecule is CCNc1ncccc1C(=O)Nc1ccccc1Br. The van der Waals surface area contributed by atoms with Crippen molar-refractivity contribution in [3.63, 3.8) is 0 Å². The van der Waals surface area contributed by atoms with Crippen molar-refractivity contribution in [3.05, 3.63) is 52.6 Å². The van der Waals surface area contributed by atoms with Gasteiger partial charge in [-0.15, -0.1) is 0 Å². The Morgan fingerprint density at radius 1 is 1.26 bits per heavy atom. The first-order chi connectivity index (χ1) is 9.22. The molecule has 1 amide bonds. The summed E-state index contributed by atoms with van der Waals surface area (Å²) in [5.74, 6) is 0.408. The molecule has 0 aliphatic carbocycles. The maximum atomic E-state index is 12.3. The topological polar surface area (TPSA) is 54.0 Å². The van der Waals surface area contributed by atoms with Gasteiger partial charge in [-0.2, -0.15) is 0 Å². The minimum Gasteiger partial charge on any atom is -0.370 e. The van der Waals surface area contributed by atoms with Gasteiger partial charge in [0.25, 0.3) is 5.91 Å². The van der Waals surface area contributed by atoms with E-state index < -0.39 is 0 Å². The van der Waals surface area contributed by atoms with Gasteiger partial charge in [-0.1, -0.05) is 12.1 Å². The van der Waals surface area contributed by atoms with E-state index in [0.29, 0.717) is 17.9 Å². The third kappa shape index (κ3) is 3.32. The van der Waals surface area contributed by atoms with E-state index in [-0.39, 0.29) is 5.91 Å². The number of nitrogens with one attached hydrogen (secondary N) is 2. The second kappa shape index (κ2) is 6.33. The molecule has 2 rings (SSSR count). The number of hydrogen-bond acceptors (Lipinski definition) is 3. The fourth-order valence-corrected chi connectivity index (χ4v) is 2.03. The van der Waals surface area contributed by atoms with Gasteiger partial charge in [0.05, 0.1) is 11.3 Å². The predicted molar refractivity (Wildman–Crippen MR) is 80.5 cm³/mol. The molecule has 0 bridgehead atoms. The standard InChI is InChI=1S/C14H14BrN3O/c1-2-16-13-10(6-5-9-17-13)14(19)18-12-8-4-3-7-11(12)15/h3-9H,2H2,1H3,(H,16,17)(H,18,19). The van der Waals surface area contributed by atoms with Crippen molar-refractivity contribution in [1.29, 1.82) is 0 Å². The van der Waals surface area contributed by atoms with Crippen molar-refractivity contribution in [2.45, 2.75) is 6.92 Å². The molecular weight excluding hydrogens is 306 g/mol. The lowest BCUT2D eigenvalue weighted by atomic mass is 10.2. The largest absolute Gasteiger partial charge is 0.370 e.